The van der Waals surface area contributed by atoms with Gasteiger partial charge in [-0.15, -0.1) is 0 Å². The summed E-state index contributed by atoms with van der Waals surface area (Å²) in [6, 6.07) is 14.6. The lowest BCUT2D eigenvalue weighted by Gasteiger charge is -2.14. The number of rotatable bonds is 5. The second kappa shape index (κ2) is 9.57. The van der Waals surface area contributed by atoms with Crippen LogP contribution in [0.4, 0.5) is 46.4 Å². The molecule has 0 radical (unpaired) electrons. The van der Waals surface area contributed by atoms with Crippen LogP contribution in [-0.2, 0) is 4.79 Å². The molecular formula is C27H20F3N5O2. The van der Waals surface area contributed by atoms with Crippen molar-refractivity contribution in [1.82, 2.24) is 4.98 Å². The standard InChI is InChI=1S/C27H20F3N5O2/c1-14-4-5-17(33-27(37)35-25-21(29)9-8-20(28)24(25)30)12-22(14)32-16-6-7-18-19(11-15-3-2-10-31-15)26(36)34-23(18)13-16/h2-13,31-32H,1H3,(H,34,36)(H2,33,35,37)/b19-11-. The fourth-order valence-corrected chi connectivity index (χ4v) is 3.91. The van der Waals surface area contributed by atoms with E-state index in [-0.39, 0.29) is 5.91 Å². The van der Waals surface area contributed by atoms with Gasteiger partial charge in [0.1, 0.15) is 11.5 Å². The molecule has 0 aliphatic carbocycles. The molecule has 0 saturated carbocycles. The molecule has 4 aromatic rings. The Morgan fingerprint density at radius 2 is 1.70 bits per heavy atom. The Hall–Kier alpha value is -4.99. The molecule has 3 aromatic carbocycles. The largest absolute Gasteiger partial charge is 0.362 e. The number of urea groups is 1. The number of halogens is 3. The van der Waals surface area contributed by atoms with E-state index < -0.39 is 29.2 Å². The average molecular weight is 503 g/mol. The minimum absolute atomic E-state index is 0.207. The number of aryl methyl sites for hydroxylation is 1. The van der Waals surface area contributed by atoms with E-state index in [4.69, 9.17) is 0 Å². The molecule has 0 fully saturated rings. The van der Waals surface area contributed by atoms with Crippen molar-refractivity contribution in [3.8, 4) is 0 Å². The number of carbonyl (C=O) groups is 2. The van der Waals surface area contributed by atoms with Gasteiger partial charge in [-0.2, -0.15) is 0 Å². The second-order valence-corrected chi connectivity index (χ2v) is 8.35. The van der Waals surface area contributed by atoms with Gasteiger partial charge in [0.25, 0.3) is 5.91 Å². The van der Waals surface area contributed by atoms with Crippen LogP contribution in [0, 0.1) is 24.4 Å². The van der Waals surface area contributed by atoms with Crippen molar-refractivity contribution in [2.45, 2.75) is 6.92 Å². The third-order valence-corrected chi connectivity index (χ3v) is 5.78. The summed E-state index contributed by atoms with van der Waals surface area (Å²) in [4.78, 5) is 27.9. The van der Waals surface area contributed by atoms with Crippen LogP contribution in [0.15, 0.2) is 66.9 Å². The van der Waals surface area contributed by atoms with Gasteiger partial charge in [0, 0.05) is 34.5 Å². The molecule has 10 heteroatoms. The summed E-state index contributed by atoms with van der Waals surface area (Å²) >= 11 is 0. The van der Waals surface area contributed by atoms with E-state index in [2.05, 4.69) is 20.9 Å². The van der Waals surface area contributed by atoms with E-state index in [1.54, 1.807) is 36.5 Å². The number of fused-ring (bicyclic) bond motifs is 1. The molecule has 1 aliphatic heterocycles. The van der Waals surface area contributed by atoms with Gasteiger partial charge in [-0.3, -0.25) is 4.79 Å². The van der Waals surface area contributed by atoms with Crippen LogP contribution in [-0.4, -0.2) is 16.9 Å². The molecule has 186 valence electrons. The van der Waals surface area contributed by atoms with E-state index in [1.165, 1.54) is 0 Å². The zero-order valence-electron chi connectivity index (χ0n) is 19.4. The topological polar surface area (TPSA) is 98.0 Å². The normalized spacial score (nSPS) is 13.3. The van der Waals surface area contributed by atoms with Crippen molar-refractivity contribution >= 4 is 52.0 Å². The van der Waals surface area contributed by atoms with Crippen molar-refractivity contribution in [3.05, 3.63) is 101 Å². The number of aromatic nitrogens is 1. The van der Waals surface area contributed by atoms with E-state index in [0.29, 0.717) is 34.4 Å². The number of amides is 3. The number of nitrogens with one attached hydrogen (secondary N) is 5. The predicted molar refractivity (Wildman–Crippen MR) is 137 cm³/mol. The fraction of sp³-hybridized carbons (Fsp3) is 0.0370. The summed E-state index contributed by atoms with van der Waals surface area (Å²) in [7, 11) is 0. The maximum atomic E-state index is 13.9. The number of hydrogen-bond donors (Lipinski definition) is 5. The first kappa shape index (κ1) is 23.7. The number of hydrogen-bond acceptors (Lipinski definition) is 3. The van der Waals surface area contributed by atoms with Crippen molar-refractivity contribution < 1.29 is 22.8 Å². The number of anilines is 5. The molecule has 5 N–H and O–H groups in total. The lowest BCUT2D eigenvalue weighted by Crippen LogP contribution is -2.21. The molecule has 5 rings (SSSR count). The SMILES string of the molecule is Cc1ccc(NC(=O)Nc2c(F)ccc(F)c2F)cc1Nc1ccc2c(c1)NC(=O)/C2=C\c1ccc[nH]1. The van der Waals surface area contributed by atoms with Gasteiger partial charge >= 0.3 is 6.03 Å². The summed E-state index contributed by atoms with van der Waals surface area (Å²) in [5, 5.41) is 10.6. The lowest BCUT2D eigenvalue weighted by molar-refractivity contribution is -0.110. The van der Waals surface area contributed by atoms with Gasteiger partial charge in [0.2, 0.25) is 0 Å². The fourth-order valence-electron chi connectivity index (χ4n) is 3.91. The predicted octanol–water partition coefficient (Wildman–Crippen LogP) is 6.62. The highest BCUT2D eigenvalue weighted by atomic mass is 19.2. The van der Waals surface area contributed by atoms with Crippen molar-refractivity contribution in [1.29, 1.82) is 0 Å². The van der Waals surface area contributed by atoms with Crippen molar-refractivity contribution in [3.63, 3.8) is 0 Å². The number of carbonyl (C=O) groups excluding carboxylic acids is 2. The summed E-state index contributed by atoms with van der Waals surface area (Å²) in [6.07, 6.45) is 3.56. The molecule has 7 nitrogen and oxygen atoms in total. The first-order chi connectivity index (χ1) is 17.8. The zero-order chi connectivity index (χ0) is 26.1. The van der Waals surface area contributed by atoms with E-state index in [9.17, 15) is 22.8 Å². The average Bonchev–Trinajstić information content (AvgIpc) is 3.49. The molecule has 0 saturated heterocycles. The van der Waals surface area contributed by atoms with Gasteiger partial charge < -0.3 is 26.3 Å². The van der Waals surface area contributed by atoms with Crippen LogP contribution in [0.1, 0.15) is 16.8 Å². The first-order valence-corrected chi connectivity index (χ1v) is 11.2. The van der Waals surface area contributed by atoms with Gasteiger partial charge in [-0.1, -0.05) is 12.1 Å². The highest BCUT2D eigenvalue weighted by molar-refractivity contribution is 6.35. The smallest absolute Gasteiger partial charge is 0.323 e. The summed E-state index contributed by atoms with van der Waals surface area (Å²) in [5.41, 5.74) is 4.41. The monoisotopic (exact) mass is 503 g/mol. The Bertz CT molecular complexity index is 1560. The van der Waals surface area contributed by atoms with E-state index in [0.717, 1.165) is 22.9 Å². The van der Waals surface area contributed by atoms with E-state index in [1.807, 2.05) is 36.5 Å². The van der Waals surface area contributed by atoms with Crippen molar-refractivity contribution in [2.75, 3.05) is 21.3 Å². The Morgan fingerprint density at radius 1 is 0.919 bits per heavy atom. The van der Waals surface area contributed by atoms with Crippen LogP contribution < -0.4 is 21.3 Å². The number of aromatic amines is 1. The summed E-state index contributed by atoms with van der Waals surface area (Å²) in [5.74, 6) is -4.08. The third kappa shape index (κ3) is 4.90. The van der Waals surface area contributed by atoms with Crippen LogP contribution in [0.5, 0.6) is 0 Å². The Morgan fingerprint density at radius 3 is 2.49 bits per heavy atom. The highest BCUT2D eigenvalue weighted by Gasteiger charge is 2.24. The van der Waals surface area contributed by atoms with E-state index >= 15 is 0 Å². The maximum Gasteiger partial charge on any atom is 0.323 e. The molecular weight excluding hydrogens is 483 g/mol. The van der Waals surface area contributed by atoms with Crippen LogP contribution in [0.2, 0.25) is 0 Å². The minimum Gasteiger partial charge on any atom is -0.362 e. The number of H-pyrrole nitrogens is 1. The van der Waals surface area contributed by atoms with Crippen molar-refractivity contribution in [2.24, 2.45) is 0 Å². The molecule has 37 heavy (non-hydrogen) atoms. The van der Waals surface area contributed by atoms with Crippen LogP contribution in [0.25, 0.3) is 11.6 Å². The molecule has 3 amide bonds. The molecule has 0 unspecified atom stereocenters. The quantitative estimate of drug-likeness (QED) is 0.156. The summed E-state index contributed by atoms with van der Waals surface area (Å²) in [6.45, 7) is 1.86. The van der Waals surface area contributed by atoms with Gasteiger partial charge in [0.05, 0.1) is 11.3 Å². The zero-order valence-corrected chi connectivity index (χ0v) is 19.4. The van der Waals surface area contributed by atoms with Crippen LogP contribution >= 0.6 is 0 Å². The van der Waals surface area contributed by atoms with Crippen LogP contribution in [0.3, 0.4) is 0 Å². The molecule has 0 atom stereocenters. The summed E-state index contributed by atoms with van der Waals surface area (Å²) < 4.78 is 41.1. The Kier molecular flexibility index (Phi) is 6.14. The molecule has 0 bridgehead atoms. The number of benzene rings is 3. The lowest BCUT2D eigenvalue weighted by atomic mass is 10.1. The molecule has 2 heterocycles. The second-order valence-electron chi connectivity index (χ2n) is 8.35. The molecule has 0 spiro atoms. The first-order valence-electron chi connectivity index (χ1n) is 11.2. The van der Waals surface area contributed by atoms with Gasteiger partial charge in [0.15, 0.2) is 11.6 Å². The molecule has 1 aromatic heterocycles. The molecule has 1 aliphatic rings. The maximum absolute atomic E-state index is 13.9. The Labute approximate surface area is 209 Å². The Balaban J connectivity index is 1.33. The third-order valence-electron chi connectivity index (χ3n) is 5.78. The minimum atomic E-state index is -1.49. The highest BCUT2D eigenvalue weighted by Crippen LogP contribution is 2.36. The van der Waals surface area contributed by atoms with Gasteiger partial charge in [-0.25, -0.2) is 18.0 Å². The van der Waals surface area contributed by atoms with Gasteiger partial charge in [-0.05, 0) is 67.1 Å².